The normalized spacial score (nSPS) is 11.1. The van der Waals surface area contributed by atoms with Gasteiger partial charge in [0.1, 0.15) is 11.3 Å². The second-order valence-corrected chi connectivity index (χ2v) is 9.36. The Labute approximate surface area is 211 Å². The number of aryl methyl sites for hydroxylation is 1. The number of nitrogens with one attached hydrogen (secondary N) is 1. The van der Waals surface area contributed by atoms with Gasteiger partial charge in [0, 0.05) is 30.2 Å². The molecule has 1 aromatic heterocycles. The van der Waals surface area contributed by atoms with Crippen molar-refractivity contribution in [1.29, 1.82) is 0 Å². The average molecular weight is 485 g/mol. The van der Waals surface area contributed by atoms with E-state index in [-0.39, 0.29) is 29.7 Å². The van der Waals surface area contributed by atoms with Crippen LogP contribution in [0.15, 0.2) is 72.9 Å². The van der Waals surface area contributed by atoms with Gasteiger partial charge in [0.15, 0.2) is 6.61 Å². The number of nitrogens with zero attached hydrogens (tertiary/aromatic N) is 1. The van der Waals surface area contributed by atoms with Crippen molar-refractivity contribution in [2.24, 2.45) is 0 Å². The number of aromatic carboxylic acids is 1. The van der Waals surface area contributed by atoms with Crippen molar-refractivity contribution in [2.75, 3.05) is 13.2 Å². The zero-order chi connectivity index (χ0) is 25.7. The van der Waals surface area contributed by atoms with Crippen LogP contribution >= 0.6 is 0 Å². The minimum atomic E-state index is -1.07. The molecule has 0 aliphatic rings. The molecule has 0 aliphatic carbocycles. The van der Waals surface area contributed by atoms with E-state index in [1.54, 1.807) is 17.0 Å². The third kappa shape index (κ3) is 5.77. The molecule has 6 heteroatoms. The molecule has 186 valence electrons. The summed E-state index contributed by atoms with van der Waals surface area (Å²) in [6.07, 6.45) is 2.68. The molecule has 0 fully saturated rings. The van der Waals surface area contributed by atoms with Crippen molar-refractivity contribution in [1.82, 2.24) is 9.88 Å². The number of hydrogen-bond donors (Lipinski definition) is 2. The van der Waals surface area contributed by atoms with E-state index in [4.69, 9.17) is 4.74 Å². The van der Waals surface area contributed by atoms with Gasteiger partial charge in [0.25, 0.3) is 5.91 Å². The Morgan fingerprint density at radius 3 is 2.50 bits per heavy atom. The number of H-pyrrole nitrogens is 1. The fourth-order valence-electron chi connectivity index (χ4n) is 4.31. The lowest BCUT2D eigenvalue weighted by molar-refractivity contribution is -0.134. The number of aromatic nitrogens is 1. The Kier molecular flexibility index (Phi) is 7.74. The predicted octanol–water partition coefficient (Wildman–Crippen LogP) is 5.95. The third-order valence-corrected chi connectivity index (χ3v) is 6.55. The maximum Gasteiger partial charge on any atom is 0.339 e. The van der Waals surface area contributed by atoms with Crippen LogP contribution in [0.3, 0.4) is 0 Å². The number of hydrogen-bond acceptors (Lipinski definition) is 3. The van der Waals surface area contributed by atoms with Gasteiger partial charge in [-0.2, -0.15) is 0 Å². The summed E-state index contributed by atoms with van der Waals surface area (Å²) in [5.74, 6) is -0.876. The molecule has 6 nitrogen and oxygen atoms in total. The molecule has 2 N–H and O–H groups in total. The zero-order valence-corrected chi connectivity index (χ0v) is 21.0. The van der Waals surface area contributed by atoms with Gasteiger partial charge in [-0.15, -0.1) is 0 Å². The molecule has 1 heterocycles. The number of aromatic amines is 1. The van der Waals surface area contributed by atoms with Crippen molar-refractivity contribution in [2.45, 2.75) is 39.7 Å². The van der Waals surface area contributed by atoms with E-state index in [9.17, 15) is 14.7 Å². The lowest BCUT2D eigenvalue weighted by Crippen LogP contribution is -2.36. The van der Waals surface area contributed by atoms with Crippen molar-refractivity contribution < 1.29 is 19.4 Å². The second-order valence-electron chi connectivity index (χ2n) is 9.36. The Morgan fingerprint density at radius 2 is 1.75 bits per heavy atom. The van der Waals surface area contributed by atoms with E-state index in [1.807, 2.05) is 75.5 Å². The topological polar surface area (TPSA) is 82.6 Å². The van der Waals surface area contributed by atoms with Crippen LogP contribution in [0.4, 0.5) is 0 Å². The first-order valence-electron chi connectivity index (χ1n) is 12.2. The summed E-state index contributed by atoms with van der Waals surface area (Å²) >= 11 is 0. The number of para-hydroxylation sites is 1. The Morgan fingerprint density at radius 1 is 1.00 bits per heavy atom. The number of amides is 1. The van der Waals surface area contributed by atoms with E-state index < -0.39 is 5.97 Å². The van der Waals surface area contributed by atoms with Crippen LogP contribution in [0.1, 0.15) is 52.4 Å². The first kappa shape index (κ1) is 25.0. The van der Waals surface area contributed by atoms with Gasteiger partial charge in [-0.05, 0) is 59.7 Å². The van der Waals surface area contributed by atoms with Gasteiger partial charge in [-0.25, -0.2) is 4.79 Å². The fourth-order valence-corrected chi connectivity index (χ4v) is 4.31. The minimum absolute atomic E-state index is 0.0678. The molecule has 0 aliphatic heterocycles. The minimum Gasteiger partial charge on any atom is -0.483 e. The molecule has 0 saturated heterocycles. The first-order chi connectivity index (χ1) is 17.3. The molecule has 0 saturated carbocycles. The monoisotopic (exact) mass is 484 g/mol. The highest BCUT2D eigenvalue weighted by Crippen LogP contribution is 2.25. The quantitative estimate of drug-likeness (QED) is 0.291. The summed E-state index contributed by atoms with van der Waals surface area (Å²) in [6.45, 7) is 6.76. The molecule has 0 spiro atoms. The highest BCUT2D eigenvalue weighted by Gasteiger charge is 2.19. The summed E-state index contributed by atoms with van der Waals surface area (Å²) in [4.78, 5) is 30.3. The van der Waals surface area contributed by atoms with Crippen molar-refractivity contribution in [3.05, 3.63) is 101 Å². The number of carboxylic acid groups (broad SMARTS) is 1. The maximum atomic E-state index is 13.4. The standard InChI is InChI=1S/C30H32N2O4/c1-20(2)22-12-13-28(26(16-22)30(34)35)36-19-29(33)32(18-24-9-5-4-8-21(24)3)15-14-23-17-31-27-11-7-6-10-25(23)27/h4-13,16-17,20,31H,14-15,18-19H2,1-3H3,(H,34,35). The van der Waals surface area contributed by atoms with Gasteiger partial charge in [-0.3, -0.25) is 4.79 Å². The maximum absolute atomic E-state index is 13.4. The Balaban J connectivity index is 1.52. The SMILES string of the molecule is Cc1ccccc1CN(CCc1c[nH]c2ccccc12)C(=O)COc1ccc(C(C)C)cc1C(=O)O. The lowest BCUT2D eigenvalue weighted by atomic mass is 10.0. The number of carbonyl (C=O) groups excluding carboxylic acids is 1. The number of benzene rings is 3. The largest absolute Gasteiger partial charge is 0.483 e. The predicted molar refractivity (Wildman–Crippen MR) is 142 cm³/mol. The Hall–Kier alpha value is -4.06. The molecule has 4 aromatic rings. The van der Waals surface area contributed by atoms with Crippen molar-refractivity contribution in [3.8, 4) is 5.75 Å². The molecule has 4 rings (SSSR count). The summed E-state index contributed by atoms with van der Waals surface area (Å²) in [5.41, 5.74) is 5.37. The van der Waals surface area contributed by atoms with Crippen LogP contribution in [0.5, 0.6) is 5.75 Å². The van der Waals surface area contributed by atoms with Gasteiger partial charge >= 0.3 is 5.97 Å². The summed E-state index contributed by atoms with van der Waals surface area (Å²) in [6, 6.07) is 21.2. The molecular formula is C30H32N2O4. The highest BCUT2D eigenvalue weighted by molar-refractivity contribution is 5.91. The second kappa shape index (κ2) is 11.1. The molecule has 1 amide bonds. The summed E-state index contributed by atoms with van der Waals surface area (Å²) < 4.78 is 5.77. The van der Waals surface area contributed by atoms with E-state index in [2.05, 4.69) is 11.1 Å². The molecule has 3 aromatic carbocycles. The van der Waals surface area contributed by atoms with E-state index in [1.165, 1.54) is 0 Å². The molecule has 0 radical (unpaired) electrons. The molecule has 0 unspecified atom stereocenters. The first-order valence-corrected chi connectivity index (χ1v) is 12.2. The number of rotatable bonds is 10. The zero-order valence-electron chi connectivity index (χ0n) is 21.0. The van der Waals surface area contributed by atoms with Crippen molar-refractivity contribution in [3.63, 3.8) is 0 Å². The smallest absolute Gasteiger partial charge is 0.339 e. The molecule has 0 atom stereocenters. The number of carboxylic acids is 1. The Bertz CT molecular complexity index is 1370. The average Bonchev–Trinajstić information content (AvgIpc) is 3.29. The molecular weight excluding hydrogens is 452 g/mol. The third-order valence-electron chi connectivity index (χ3n) is 6.55. The van der Waals surface area contributed by atoms with Crippen LogP contribution in [-0.4, -0.2) is 40.0 Å². The highest BCUT2D eigenvalue weighted by atomic mass is 16.5. The number of fused-ring (bicyclic) bond motifs is 1. The van der Waals surface area contributed by atoms with Crippen LogP contribution < -0.4 is 4.74 Å². The molecule has 0 bridgehead atoms. The van der Waals surface area contributed by atoms with Crippen molar-refractivity contribution >= 4 is 22.8 Å². The van der Waals surface area contributed by atoms with Crippen LogP contribution in [-0.2, 0) is 17.8 Å². The summed E-state index contributed by atoms with van der Waals surface area (Å²) in [5, 5.41) is 10.8. The van der Waals surface area contributed by atoms with Gasteiger partial charge in [0.2, 0.25) is 0 Å². The van der Waals surface area contributed by atoms with E-state index in [0.717, 1.165) is 33.2 Å². The van der Waals surface area contributed by atoms with Gasteiger partial charge < -0.3 is 19.7 Å². The summed E-state index contributed by atoms with van der Waals surface area (Å²) in [7, 11) is 0. The van der Waals surface area contributed by atoms with Gasteiger partial charge in [-0.1, -0.05) is 62.4 Å². The van der Waals surface area contributed by atoms with Crippen LogP contribution in [0, 0.1) is 6.92 Å². The van der Waals surface area contributed by atoms with Gasteiger partial charge in [0.05, 0.1) is 0 Å². The van der Waals surface area contributed by atoms with Crippen LogP contribution in [0.25, 0.3) is 10.9 Å². The molecule has 36 heavy (non-hydrogen) atoms. The van der Waals surface area contributed by atoms with E-state index in [0.29, 0.717) is 19.5 Å². The van der Waals surface area contributed by atoms with Crippen LogP contribution in [0.2, 0.25) is 0 Å². The van der Waals surface area contributed by atoms with E-state index >= 15 is 0 Å². The fraction of sp³-hybridized carbons (Fsp3) is 0.267. The number of carbonyl (C=O) groups is 2. The lowest BCUT2D eigenvalue weighted by Gasteiger charge is -2.24. The number of ether oxygens (including phenoxy) is 1.